The molecule has 0 saturated heterocycles. The van der Waals surface area contributed by atoms with Crippen LogP contribution in [0.15, 0.2) is 0 Å². The molecule has 2 aliphatic carbocycles. The number of nitrogens with two attached hydrogens (primary N) is 1. The summed E-state index contributed by atoms with van der Waals surface area (Å²) in [6, 6.07) is 0. The van der Waals surface area contributed by atoms with Crippen molar-refractivity contribution in [2.75, 3.05) is 20.1 Å². The molecule has 0 aromatic heterocycles. The standard InChI is InChI=1S/C11H22N2/c1-13(8-10-4-2-5-10)11(9-12)6-3-7-11/h10H,2-9,12H2,1H3. The van der Waals surface area contributed by atoms with Gasteiger partial charge in [-0.1, -0.05) is 6.42 Å². The lowest BCUT2D eigenvalue weighted by Crippen LogP contribution is -2.58. The molecule has 76 valence electrons. The third-order valence-corrected chi connectivity index (χ3v) is 4.23. The van der Waals surface area contributed by atoms with Gasteiger partial charge in [-0.2, -0.15) is 0 Å². The van der Waals surface area contributed by atoms with Crippen molar-refractivity contribution in [1.82, 2.24) is 4.90 Å². The Hall–Kier alpha value is -0.0800. The van der Waals surface area contributed by atoms with Crippen molar-refractivity contribution in [3.63, 3.8) is 0 Å². The maximum Gasteiger partial charge on any atom is 0.0328 e. The van der Waals surface area contributed by atoms with E-state index in [4.69, 9.17) is 5.73 Å². The van der Waals surface area contributed by atoms with Crippen LogP contribution in [0.5, 0.6) is 0 Å². The minimum absolute atomic E-state index is 0.398. The lowest BCUT2D eigenvalue weighted by Gasteiger charge is -2.50. The SMILES string of the molecule is CN(CC1CCC1)C1(CN)CCC1. The first kappa shape index (κ1) is 9.47. The highest BCUT2D eigenvalue weighted by atomic mass is 15.2. The van der Waals surface area contributed by atoms with Gasteiger partial charge >= 0.3 is 0 Å². The van der Waals surface area contributed by atoms with Gasteiger partial charge in [-0.3, -0.25) is 4.90 Å². The zero-order chi connectivity index (χ0) is 9.31. The molecule has 2 N–H and O–H groups in total. The summed E-state index contributed by atoms with van der Waals surface area (Å²) in [7, 11) is 2.27. The Morgan fingerprint density at radius 2 is 2.00 bits per heavy atom. The average molecular weight is 182 g/mol. The monoisotopic (exact) mass is 182 g/mol. The highest BCUT2D eigenvalue weighted by molar-refractivity contribution is 4.98. The largest absolute Gasteiger partial charge is 0.329 e. The molecule has 0 aromatic carbocycles. The second kappa shape index (κ2) is 3.58. The number of likely N-dealkylation sites (N-methyl/N-ethyl adjacent to an activating group) is 1. The quantitative estimate of drug-likeness (QED) is 0.715. The van der Waals surface area contributed by atoms with Crippen molar-refractivity contribution in [3.05, 3.63) is 0 Å². The van der Waals surface area contributed by atoms with Crippen LogP contribution in [0.25, 0.3) is 0 Å². The molecule has 0 aliphatic heterocycles. The van der Waals surface area contributed by atoms with Crippen molar-refractivity contribution in [3.8, 4) is 0 Å². The van der Waals surface area contributed by atoms with Crippen molar-refractivity contribution in [1.29, 1.82) is 0 Å². The lowest BCUT2D eigenvalue weighted by atomic mass is 9.74. The van der Waals surface area contributed by atoms with Crippen LogP contribution in [0.3, 0.4) is 0 Å². The first-order valence-corrected chi connectivity index (χ1v) is 5.68. The molecule has 0 aromatic rings. The highest BCUT2D eigenvalue weighted by Crippen LogP contribution is 2.38. The van der Waals surface area contributed by atoms with Gasteiger partial charge in [0.2, 0.25) is 0 Å². The predicted molar refractivity (Wildman–Crippen MR) is 55.6 cm³/mol. The van der Waals surface area contributed by atoms with E-state index in [1.807, 2.05) is 0 Å². The molecule has 0 amide bonds. The normalized spacial score (nSPS) is 27.0. The minimum atomic E-state index is 0.398. The van der Waals surface area contributed by atoms with Crippen molar-refractivity contribution in [2.45, 2.75) is 44.1 Å². The van der Waals surface area contributed by atoms with E-state index in [1.54, 1.807) is 0 Å². The molecule has 2 fully saturated rings. The number of hydrogen-bond donors (Lipinski definition) is 1. The molecule has 13 heavy (non-hydrogen) atoms. The Balaban J connectivity index is 1.83. The van der Waals surface area contributed by atoms with Crippen LogP contribution in [0, 0.1) is 5.92 Å². The fraction of sp³-hybridized carbons (Fsp3) is 1.00. The average Bonchev–Trinajstić information content (AvgIpc) is 1.96. The zero-order valence-corrected chi connectivity index (χ0v) is 8.76. The minimum Gasteiger partial charge on any atom is -0.329 e. The smallest absolute Gasteiger partial charge is 0.0328 e. The molecule has 2 rings (SSSR count). The van der Waals surface area contributed by atoms with E-state index in [2.05, 4.69) is 11.9 Å². The molecule has 0 atom stereocenters. The van der Waals surface area contributed by atoms with Crippen LogP contribution >= 0.6 is 0 Å². The van der Waals surface area contributed by atoms with Gasteiger partial charge in [-0.25, -0.2) is 0 Å². The van der Waals surface area contributed by atoms with E-state index in [1.165, 1.54) is 45.1 Å². The van der Waals surface area contributed by atoms with Crippen LogP contribution in [0.1, 0.15) is 38.5 Å². The van der Waals surface area contributed by atoms with Crippen LogP contribution in [-0.2, 0) is 0 Å². The van der Waals surface area contributed by atoms with Gasteiger partial charge < -0.3 is 5.73 Å². The van der Waals surface area contributed by atoms with Crippen molar-refractivity contribution >= 4 is 0 Å². The van der Waals surface area contributed by atoms with Gasteiger partial charge in [-0.05, 0) is 45.1 Å². The fourth-order valence-corrected chi connectivity index (χ4v) is 2.58. The van der Waals surface area contributed by atoms with Crippen LogP contribution in [-0.4, -0.2) is 30.6 Å². The first-order chi connectivity index (χ1) is 6.27. The van der Waals surface area contributed by atoms with Crippen LogP contribution in [0.2, 0.25) is 0 Å². The number of hydrogen-bond acceptors (Lipinski definition) is 2. The lowest BCUT2D eigenvalue weighted by molar-refractivity contribution is 0.0230. The number of nitrogens with zero attached hydrogens (tertiary/aromatic N) is 1. The van der Waals surface area contributed by atoms with Crippen molar-refractivity contribution < 1.29 is 0 Å². The molecule has 2 aliphatic rings. The molecular formula is C11H22N2. The summed E-state index contributed by atoms with van der Waals surface area (Å²) < 4.78 is 0. The molecule has 0 bridgehead atoms. The Labute approximate surface area is 81.5 Å². The van der Waals surface area contributed by atoms with Gasteiger partial charge in [-0.15, -0.1) is 0 Å². The van der Waals surface area contributed by atoms with Crippen LogP contribution in [0.4, 0.5) is 0 Å². The summed E-state index contributed by atoms with van der Waals surface area (Å²) >= 11 is 0. The fourth-order valence-electron chi connectivity index (χ4n) is 2.58. The molecule has 0 unspecified atom stereocenters. The molecular weight excluding hydrogens is 160 g/mol. The summed E-state index contributed by atoms with van der Waals surface area (Å²) in [4.78, 5) is 2.54. The van der Waals surface area contributed by atoms with Crippen LogP contribution < -0.4 is 5.73 Å². The summed E-state index contributed by atoms with van der Waals surface area (Å²) in [5.41, 5.74) is 6.26. The Morgan fingerprint density at radius 1 is 1.31 bits per heavy atom. The second-order valence-electron chi connectivity index (χ2n) is 4.96. The Kier molecular flexibility index (Phi) is 2.61. The maximum absolute atomic E-state index is 5.86. The molecule has 2 heteroatoms. The third kappa shape index (κ3) is 1.62. The predicted octanol–water partition coefficient (Wildman–Crippen LogP) is 1.60. The van der Waals surface area contributed by atoms with E-state index in [-0.39, 0.29) is 0 Å². The Morgan fingerprint density at radius 3 is 2.31 bits per heavy atom. The molecule has 0 spiro atoms. The first-order valence-electron chi connectivity index (χ1n) is 5.68. The van der Waals surface area contributed by atoms with Gasteiger partial charge in [0, 0.05) is 18.6 Å². The molecule has 2 saturated carbocycles. The van der Waals surface area contributed by atoms with Gasteiger partial charge in [0.25, 0.3) is 0 Å². The van der Waals surface area contributed by atoms with E-state index >= 15 is 0 Å². The second-order valence-corrected chi connectivity index (χ2v) is 4.96. The zero-order valence-electron chi connectivity index (χ0n) is 8.76. The van der Waals surface area contributed by atoms with E-state index < -0.39 is 0 Å². The van der Waals surface area contributed by atoms with E-state index in [9.17, 15) is 0 Å². The number of rotatable bonds is 4. The van der Waals surface area contributed by atoms with Crippen molar-refractivity contribution in [2.24, 2.45) is 11.7 Å². The summed E-state index contributed by atoms with van der Waals surface area (Å²) in [6.07, 6.45) is 8.38. The van der Waals surface area contributed by atoms with Gasteiger partial charge in [0.15, 0.2) is 0 Å². The summed E-state index contributed by atoms with van der Waals surface area (Å²) in [5.74, 6) is 0.981. The van der Waals surface area contributed by atoms with E-state index in [0.717, 1.165) is 12.5 Å². The van der Waals surface area contributed by atoms with Gasteiger partial charge in [0.1, 0.15) is 0 Å². The molecule has 0 heterocycles. The van der Waals surface area contributed by atoms with E-state index in [0.29, 0.717) is 5.54 Å². The summed E-state index contributed by atoms with van der Waals surface area (Å²) in [5, 5.41) is 0. The topological polar surface area (TPSA) is 29.3 Å². The Bertz CT molecular complexity index is 165. The summed E-state index contributed by atoms with van der Waals surface area (Å²) in [6.45, 7) is 2.15. The van der Waals surface area contributed by atoms with Gasteiger partial charge in [0.05, 0.1) is 0 Å². The third-order valence-electron chi connectivity index (χ3n) is 4.23. The molecule has 2 nitrogen and oxygen atoms in total. The highest BCUT2D eigenvalue weighted by Gasteiger charge is 2.40. The maximum atomic E-state index is 5.86. The molecule has 0 radical (unpaired) electrons.